The lowest BCUT2D eigenvalue weighted by Gasteiger charge is -2.27. The van der Waals surface area contributed by atoms with E-state index < -0.39 is 0 Å². The third kappa shape index (κ3) is 5.13. The lowest BCUT2D eigenvalue weighted by atomic mass is 10.0. The molecule has 3 aliphatic rings. The lowest BCUT2D eigenvalue weighted by molar-refractivity contribution is -0.122. The molecule has 6 heteroatoms. The van der Waals surface area contributed by atoms with Crippen LogP contribution in [0.5, 0.6) is 0 Å². The van der Waals surface area contributed by atoms with Crippen molar-refractivity contribution in [1.82, 2.24) is 14.8 Å². The highest BCUT2D eigenvalue weighted by Gasteiger charge is 2.42. The summed E-state index contributed by atoms with van der Waals surface area (Å²) in [5, 5.41) is 0. The van der Waals surface area contributed by atoms with E-state index in [1.165, 1.54) is 12.8 Å². The topological polar surface area (TPSA) is 56.8 Å². The molecule has 2 unspecified atom stereocenters. The Morgan fingerprint density at radius 3 is 2.31 bits per heavy atom. The molecule has 1 aromatic heterocycles. The van der Waals surface area contributed by atoms with Gasteiger partial charge in [-0.1, -0.05) is 31.0 Å². The van der Waals surface area contributed by atoms with Crippen LogP contribution in [0.3, 0.4) is 0 Å². The van der Waals surface area contributed by atoms with E-state index in [1.807, 2.05) is 47.9 Å². The number of benzene rings is 1. The first-order valence-electron chi connectivity index (χ1n) is 13.3. The molecule has 1 aromatic carbocycles. The molecule has 0 N–H and O–H groups in total. The number of anilines is 1. The molecule has 0 spiro atoms. The van der Waals surface area contributed by atoms with Gasteiger partial charge in [-0.25, -0.2) is 0 Å². The summed E-state index contributed by atoms with van der Waals surface area (Å²) in [4.78, 5) is 37.4. The molecule has 2 aliphatic heterocycles. The first kappa shape index (κ1) is 24.0. The number of carbonyl (C=O) groups excluding carboxylic acids is 2. The summed E-state index contributed by atoms with van der Waals surface area (Å²) in [5.74, 6) is 1.72. The van der Waals surface area contributed by atoms with Gasteiger partial charge in [0, 0.05) is 50.5 Å². The van der Waals surface area contributed by atoms with Crippen molar-refractivity contribution in [3.63, 3.8) is 0 Å². The highest BCUT2D eigenvalue weighted by atomic mass is 16.2. The molecule has 2 amide bonds. The highest BCUT2D eigenvalue weighted by Crippen LogP contribution is 2.33. The summed E-state index contributed by atoms with van der Waals surface area (Å²) in [5.41, 5.74) is 3.63. The van der Waals surface area contributed by atoms with Crippen molar-refractivity contribution in [2.75, 3.05) is 44.2 Å². The van der Waals surface area contributed by atoms with Crippen LogP contribution in [0.25, 0.3) is 0 Å². The van der Waals surface area contributed by atoms with E-state index in [0.29, 0.717) is 17.7 Å². The maximum absolute atomic E-state index is 13.3. The molecule has 0 radical (unpaired) electrons. The minimum absolute atomic E-state index is 0.137. The van der Waals surface area contributed by atoms with E-state index in [4.69, 9.17) is 0 Å². The molecule has 0 bridgehead atoms. The Balaban J connectivity index is 1.14. The van der Waals surface area contributed by atoms with Crippen LogP contribution in [0.2, 0.25) is 0 Å². The van der Waals surface area contributed by atoms with E-state index in [2.05, 4.69) is 22.0 Å². The van der Waals surface area contributed by atoms with Gasteiger partial charge < -0.3 is 14.7 Å². The summed E-state index contributed by atoms with van der Waals surface area (Å²) in [6.45, 7) is 9.46. The predicted octanol–water partition coefficient (Wildman–Crippen LogP) is 4.32. The van der Waals surface area contributed by atoms with Crippen LogP contribution in [0.1, 0.15) is 53.7 Å². The van der Waals surface area contributed by atoms with Gasteiger partial charge in [-0.3, -0.25) is 14.6 Å². The highest BCUT2D eigenvalue weighted by molar-refractivity contribution is 5.97. The van der Waals surface area contributed by atoms with Crippen molar-refractivity contribution in [3.8, 4) is 0 Å². The van der Waals surface area contributed by atoms with Gasteiger partial charge in [-0.15, -0.1) is 0 Å². The molecule has 35 heavy (non-hydrogen) atoms. The van der Waals surface area contributed by atoms with E-state index in [9.17, 15) is 9.59 Å². The standard InChI is InChI=1S/C29H38N4O2/c1-21-13-14-30-22(2)27(21)29(35)32-19-24-17-31(18-25(24)20-32)15-8-16-33(26-11-4-3-5-12-26)28(34)23-9-6-7-10-23/h3-5,11-14,23-25H,6-10,15-20H2,1-2H3. The first-order valence-corrected chi connectivity index (χ1v) is 13.3. The van der Waals surface area contributed by atoms with E-state index in [0.717, 1.165) is 81.0 Å². The Morgan fingerprint density at radius 1 is 0.971 bits per heavy atom. The van der Waals surface area contributed by atoms with Crippen LogP contribution < -0.4 is 4.90 Å². The molecule has 6 nitrogen and oxygen atoms in total. The van der Waals surface area contributed by atoms with Crippen LogP contribution in [0.15, 0.2) is 42.6 Å². The summed E-state index contributed by atoms with van der Waals surface area (Å²) >= 11 is 0. The predicted molar refractivity (Wildman–Crippen MR) is 138 cm³/mol. The van der Waals surface area contributed by atoms with Crippen molar-refractivity contribution in [2.24, 2.45) is 17.8 Å². The van der Waals surface area contributed by atoms with Gasteiger partial charge in [-0.05, 0) is 75.3 Å². The fourth-order valence-electron chi connectivity index (χ4n) is 6.43. The minimum atomic E-state index is 0.137. The van der Waals surface area contributed by atoms with Crippen LogP contribution in [0.4, 0.5) is 5.69 Å². The molecule has 2 atom stereocenters. The van der Waals surface area contributed by atoms with Gasteiger partial charge in [0.05, 0.1) is 11.3 Å². The Bertz CT molecular complexity index is 1020. The number of para-hydroxylation sites is 1. The number of fused-ring (bicyclic) bond motifs is 1. The van der Waals surface area contributed by atoms with Crippen LogP contribution in [-0.2, 0) is 4.79 Å². The summed E-state index contributed by atoms with van der Waals surface area (Å²) in [7, 11) is 0. The van der Waals surface area contributed by atoms with Gasteiger partial charge >= 0.3 is 0 Å². The number of aryl methyl sites for hydroxylation is 2. The summed E-state index contributed by atoms with van der Waals surface area (Å²) in [6, 6.07) is 12.1. The fourth-order valence-corrected chi connectivity index (χ4v) is 6.43. The van der Waals surface area contributed by atoms with Crippen LogP contribution >= 0.6 is 0 Å². The molecule has 1 aliphatic carbocycles. The van der Waals surface area contributed by atoms with E-state index in [-0.39, 0.29) is 11.8 Å². The Hall–Kier alpha value is -2.73. The monoisotopic (exact) mass is 474 g/mol. The smallest absolute Gasteiger partial charge is 0.255 e. The number of likely N-dealkylation sites (tertiary alicyclic amines) is 2. The van der Waals surface area contributed by atoms with E-state index >= 15 is 0 Å². The average molecular weight is 475 g/mol. The Labute approximate surface area is 209 Å². The number of aromatic nitrogens is 1. The largest absolute Gasteiger partial charge is 0.338 e. The molecule has 2 aromatic rings. The zero-order valence-corrected chi connectivity index (χ0v) is 21.2. The van der Waals surface area contributed by atoms with Crippen molar-refractivity contribution >= 4 is 17.5 Å². The molecule has 3 heterocycles. The second-order valence-electron chi connectivity index (χ2n) is 10.7. The molecular formula is C29H38N4O2. The van der Waals surface area contributed by atoms with Gasteiger partial charge in [0.15, 0.2) is 0 Å². The van der Waals surface area contributed by atoms with Crippen molar-refractivity contribution in [2.45, 2.75) is 46.0 Å². The number of amides is 2. The van der Waals surface area contributed by atoms with Crippen molar-refractivity contribution < 1.29 is 9.59 Å². The normalized spacial score (nSPS) is 22.5. The van der Waals surface area contributed by atoms with Crippen LogP contribution in [-0.4, -0.2) is 65.9 Å². The van der Waals surface area contributed by atoms with Gasteiger partial charge in [0.1, 0.15) is 0 Å². The molecular weight excluding hydrogens is 436 g/mol. The lowest BCUT2D eigenvalue weighted by Crippen LogP contribution is -2.38. The maximum atomic E-state index is 13.3. The third-order valence-electron chi connectivity index (χ3n) is 8.31. The number of pyridine rings is 1. The average Bonchev–Trinajstić information content (AvgIpc) is 3.59. The fraction of sp³-hybridized carbons (Fsp3) is 0.552. The quantitative estimate of drug-likeness (QED) is 0.600. The molecule has 5 rings (SSSR count). The zero-order valence-electron chi connectivity index (χ0n) is 21.2. The zero-order chi connectivity index (χ0) is 24.4. The number of hydrogen-bond acceptors (Lipinski definition) is 4. The maximum Gasteiger partial charge on any atom is 0.255 e. The van der Waals surface area contributed by atoms with Crippen LogP contribution in [0, 0.1) is 31.6 Å². The third-order valence-corrected chi connectivity index (χ3v) is 8.31. The van der Waals surface area contributed by atoms with Crippen molar-refractivity contribution in [3.05, 3.63) is 59.4 Å². The second kappa shape index (κ2) is 10.5. The van der Waals surface area contributed by atoms with Gasteiger partial charge in [0.2, 0.25) is 5.91 Å². The second-order valence-corrected chi connectivity index (χ2v) is 10.7. The number of hydrogen-bond donors (Lipinski definition) is 0. The summed E-state index contributed by atoms with van der Waals surface area (Å²) < 4.78 is 0. The van der Waals surface area contributed by atoms with E-state index in [1.54, 1.807) is 6.20 Å². The number of carbonyl (C=O) groups is 2. The molecule has 2 saturated heterocycles. The van der Waals surface area contributed by atoms with Gasteiger partial charge in [0.25, 0.3) is 5.91 Å². The minimum Gasteiger partial charge on any atom is -0.338 e. The number of nitrogens with zero attached hydrogens (tertiary/aromatic N) is 4. The Kier molecular flexibility index (Phi) is 7.19. The molecule has 186 valence electrons. The Morgan fingerprint density at radius 2 is 1.66 bits per heavy atom. The van der Waals surface area contributed by atoms with Crippen molar-refractivity contribution in [1.29, 1.82) is 0 Å². The molecule has 1 saturated carbocycles. The first-order chi connectivity index (χ1) is 17.0. The number of rotatable bonds is 7. The summed E-state index contributed by atoms with van der Waals surface area (Å²) in [6.07, 6.45) is 7.17. The SMILES string of the molecule is Cc1ccnc(C)c1C(=O)N1CC2CN(CCCN(C(=O)C3CCCC3)c3ccccc3)CC2C1. The molecule has 3 fully saturated rings. The van der Waals surface area contributed by atoms with Gasteiger partial charge in [-0.2, -0.15) is 0 Å².